The molecule has 0 aromatic carbocycles. The molecule has 4 fully saturated rings. The Hall–Kier alpha value is 0.495. The Morgan fingerprint density at radius 3 is 1.44 bits per heavy atom. The lowest BCUT2D eigenvalue weighted by atomic mass is 10.00. The summed E-state index contributed by atoms with van der Waals surface area (Å²) in [7, 11) is 1.37. The van der Waals surface area contributed by atoms with Crippen LogP contribution in [0.15, 0.2) is 0 Å². The molecule has 0 aliphatic heterocycles. The number of hydrogen-bond donors (Lipinski definition) is 0. The van der Waals surface area contributed by atoms with Gasteiger partial charge in [0.05, 0.1) is 0 Å². The van der Waals surface area contributed by atoms with Crippen LogP contribution in [0, 0.1) is 23.7 Å². The first-order valence-corrected chi connectivity index (χ1v) is 8.30. The normalized spacial score (nSPS) is 54.0. The summed E-state index contributed by atoms with van der Waals surface area (Å²) in [5.74, 6) is 4.72. The highest BCUT2D eigenvalue weighted by Gasteiger charge is 2.44. The number of hydrogen-bond acceptors (Lipinski definition) is 0. The van der Waals surface area contributed by atoms with E-state index in [9.17, 15) is 0 Å². The maximum absolute atomic E-state index is 1.64. The van der Waals surface area contributed by atoms with Crippen LogP contribution in [0.5, 0.6) is 0 Å². The Labute approximate surface area is 104 Å². The van der Waals surface area contributed by atoms with Crippen molar-refractivity contribution < 1.29 is 0 Å². The molecule has 0 amide bonds. The van der Waals surface area contributed by atoms with Crippen LogP contribution in [-0.4, -0.2) is 19.7 Å². The first-order chi connectivity index (χ1) is 7.38. The fourth-order valence-corrected chi connectivity index (χ4v) is 7.81. The average molecular weight is 233 g/mol. The van der Waals surface area contributed by atoms with E-state index in [1.54, 1.807) is 51.4 Å². The van der Waals surface area contributed by atoms with Gasteiger partial charge in [-0.2, -0.15) is 0 Å². The summed E-state index contributed by atoms with van der Waals surface area (Å²) in [5.41, 5.74) is 2.40. The fourth-order valence-electron chi connectivity index (χ4n) is 5.17. The molecule has 0 aromatic rings. The van der Waals surface area contributed by atoms with Crippen molar-refractivity contribution in [1.29, 1.82) is 0 Å². The van der Waals surface area contributed by atoms with Gasteiger partial charge in [-0.3, -0.25) is 0 Å². The molecule has 0 aromatic heterocycles. The lowest BCUT2D eigenvalue weighted by Crippen LogP contribution is -2.19. The van der Waals surface area contributed by atoms with Crippen LogP contribution in [0.3, 0.4) is 0 Å². The molecule has 2 heteroatoms. The quantitative estimate of drug-likeness (QED) is 0.504. The van der Waals surface area contributed by atoms with Crippen molar-refractivity contribution in [1.82, 2.24) is 0 Å². The van der Waals surface area contributed by atoms with Crippen molar-refractivity contribution in [3.8, 4) is 0 Å². The summed E-state index contributed by atoms with van der Waals surface area (Å²) >= 11 is 0. The summed E-state index contributed by atoms with van der Waals surface area (Å²) in [4.78, 5) is 0. The Balaban J connectivity index is 0.000000810. The van der Waals surface area contributed by atoms with Gasteiger partial charge in [0, 0.05) is 8.41 Å². The fraction of sp³-hybridized carbons (Fsp3) is 1.00. The van der Waals surface area contributed by atoms with E-state index in [0.29, 0.717) is 0 Å². The minimum Gasteiger partial charge on any atom is -0.115 e. The van der Waals surface area contributed by atoms with Crippen LogP contribution in [0.25, 0.3) is 0 Å². The van der Waals surface area contributed by atoms with Crippen LogP contribution in [0.1, 0.15) is 51.4 Å². The lowest BCUT2D eigenvalue weighted by molar-refractivity contribution is 0.466. The Bertz CT molecular complexity index is 241. The summed E-state index contributed by atoms with van der Waals surface area (Å²) in [6.45, 7) is 0. The van der Waals surface area contributed by atoms with Crippen LogP contribution in [0.4, 0.5) is 0 Å². The molecule has 0 spiro atoms. The van der Waals surface area contributed by atoms with E-state index in [0.717, 1.165) is 0 Å². The smallest absolute Gasteiger partial charge is 0 e. The molecule has 4 bridgehead atoms. The molecule has 4 aliphatic carbocycles. The molecular weight excluding hydrogens is 210 g/mol. The third-order valence-electron chi connectivity index (χ3n) is 5.90. The van der Waals surface area contributed by atoms with Gasteiger partial charge in [0.25, 0.3) is 0 Å². The monoisotopic (exact) mass is 233 g/mol. The Morgan fingerprint density at radius 2 is 1.12 bits per heavy atom. The van der Waals surface area contributed by atoms with Gasteiger partial charge in [0.2, 0.25) is 0 Å². The molecule has 6 unspecified atom stereocenters. The Kier molecular flexibility index (Phi) is 3.12. The van der Waals surface area contributed by atoms with Gasteiger partial charge in [-0.05, 0) is 73.5 Å². The Morgan fingerprint density at radius 1 is 0.625 bits per heavy atom. The maximum atomic E-state index is 1.64. The van der Waals surface area contributed by atoms with Gasteiger partial charge in [-0.1, -0.05) is 12.8 Å². The summed E-state index contributed by atoms with van der Waals surface area (Å²) in [6.07, 6.45) is 12.9. The topological polar surface area (TPSA) is 0 Å². The van der Waals surface area contributed by atoms with Crippen LogP contribution in [0.2, 0.25) is 0 Å². The van der Waals surface area contributed by atoms with Gasteiger partial charge in [-0.25, -0.2) is 0 Å². The van der Waals surface area contributed by atoms with Crippen LogP contribution in [-0.2, 0) is 0 Å². The molecule has 87 valence electrons. The predicted molar refractivity (Wildman–Crippen MR) is 72.5 cm³/mol. The standard InChI is InChI=1S/C14H23P.B/c1-3-11-5-9(1)7-13(11)15-14-8-10-2-4-12(14)6-10;/h9-15H,1-8H2;. The van der Waals surface area contributed by atoms with Crippen molar-refractivity contribution in [2.24, 2.45) is 23.7 Å². The largest absolute Gasteiger partial charge is 0.115 e. The van der Waals surface area contributed by atoms with Gasteiger partial charge < -0.3 is 0 Å². The van der Waals surface area contributed by atoms with Gasteiger partial charge in [0.1, 0.15) is 0 Å². The molecule has 0 saturated heterocycles. The van der Waals surface area contributed by atoms with E-state index in [-0.39, 0.29) is 8.41 Å². The van der Waals surface area contributed by atoms with Crippen molar-refractivity contribution in [2.45, 2.75) is 62.7 Å². The first kappa shape index (κ1) is 11.6. The van der Waals surface area contributed by atoms with E-state index in [1.807, 2.05) is 0 Å². The number of rotatable bonds is 2. The van der Waals surface area contributed by atoms with Crippen molar-refractivity contribution >= 4 is 17.0 Å². The molecule has 6 atom stereocenters. The third kappa shape index (κ3) is 1.78. The lowest BCUT2D eigenvalue weighted by Gasteiger charge is -2.29. The van der Waals surface area contributed by atoms with E-state index in [1.165, 1.54) is 43.6 Å². The molecule has 4 aliphatic rings. The summed E-state index contributed by atoms with van der Waals surface area (Å²) < 4.78 is 0. The minimum atomic E-state index is 0. The van der Waals surface area contributed by atoms with E-state index in [2.05, 4.69) is 0 Å². The second-order valence-corrected chi connectivity index (χ2v) is 8.55. The van der Waals surface area contributed by atoms with Crippen molar-refractivity contribution in [3.05, 3.63) is 0 Å². The molecule has 3 radical (unpaired) electrons. The van der Waals surface area contributed by atoms with E-state index in [4.69, 9.17) is 0 Å². The highest BCUT2D eigenvalue weighted by Crippen LogP contribution is 2.58. The minimum absolute atomic E-state index is 0. The van der Waals surface area contributed by atoms with Gasteiger partial charge >= 0.3 is 0 Å². The van der Waals surface area contributed by atoms with Crippen molar-refractivity contribution in [2.75, 3.05) is 0 Å². The molecule has 0 nitrogen and oxygen atoms in total. The molecular formula is C14H23BP. The second-order valence-electron chi connectivity index (χ2n) is 6.73. The van der Waals surface area contributed by atoms with E-state index >= 15 is 0 Å². The van der Waals surface area contributed by atoms with Crippen molar-refractivity contribution in [3.63, 3.8) is 0 Å². The SMILES string of the molecule is C1CC2CC1CC2PC1CC2CCC1C2.[B]. The van der Waals surface area contributed by atoms with Gasteiger partial charge in [-0.15, -0.1) is 8.58 Å². The zero-order valence-electron chi connectivity index (χ0n) is 10.2. The zero-order valence-corrected chi connectivity index (χ0v) is 11.2. The predicted octanol–water partition coefficient (Wildman–Crippen LogP) is 3.66. The average Bonchev–Trinajstić information content (AvgIpc) is 2.96. The second kappa shape index (κ2) is 4.31. The molecule has 4 rings (SSSR count). The molecule has 0 N–H and O–H groups in total. The maximum Gasteiger partial charge on any atom is 0 e. The van der Waals surface area contributed by atoms with E-state index < -0.39 is 0 Å². The van der Waals surface area contributed by atoms with Crippen LogP contribution >= 0.6 is 8.58 Å². The molecule has 0 heterocycles. The molecule has 16 heavy (non-hydrogen) atoms. The van der Waals surface area contributed by atoms with Crippen LogP contribution < -0.4 is 0 Å². The number of fused-ring (bicyclic) bond motifs is 4. The highest BCUT2D eigenvalue weighted by molar-refractivity contribution is 7.39. The first-order valence-electron chi connectivity index (χ1n) is 7.14. The summed E-state index contributed by atoms with van der Waals surface area (Å²) in [5, 5.41) is 0. The molecule has 4 saturated carbocycles. The zero-order chi connectivity index (χ0) is 9.83. The summed E-state index contributed by atoms with van der Waals surface area (Å²) in [6, 6.07) is 0. The third-order valence-corrected chi connectivity index (χ3v) is 8.17. The van der Waals surface area contributed by atoms with Gasteiger partial charge in [0.15, 0.2) is 0 Å². The highest BCUT2D eigenvalue weighted by atomic mass is 31.1.